The third-order valence-electron chi connectivity index (χ3n) is 6.43. The molecule has 38 heavy (non-hydrogen) atoms. The Labute approximate surface area is 226 Å². The van der Waals surface area contributed by atoms with Crippen molar-refractivity contribution in [3.05, 3.63) is 94.0 Å². The standard InChI is InChI=1S/C32H40N2O4/c1-21(2)14-30(26-16-22(3)15-23(4)17-26)33-32(37)29-19-28(12-10-25(29)11-13-31(35)36)38-20-24-8-7-9-27(18-24)34(5)6/h7-10,12,15-19,21,30H,11,13-14,20H2,1-6H3,(H,33,37)(H,35,36). The highest BCUT2D eigenvalue weighted by Gasteiger charge is 2.21. The van der Waals surface area contributed by atoms with E-state index < -0.39 is 5.97 Å². The number of ether oxygens (including phenoxy) is 1. The molecule has 1 amide bonds. The van der Waals surface area contributed by atoms with Crippen molar-refractivity contribution in [2.24, 2.45) is 5.92 Å². The van der Waals surface area contributed by atoms with Gasteiger partial charge in [-0.2, -0.15) is 0 Å². The highest BCUT2D eigenvalue weighted by Crippen LogP contribution is 2.26. The Bertz CT molecular complexity index is 1250. The van der Waals surface area contributed by atoms with Crippen LogP contribution in [-0.4, -0.2) is 31.1 Å². The van der Waals surface area contributed by atoms with Crippen LogP contribution in [0.3, 0.4) is 0 Å². The largest absolute Gasteiger partial charge is 0.489 e. The summed E-state index contributed by atoms with van der Waals surface area (Å²) >= 11 is 0. The van der Waals surface area contributed by atoms with Crippen LogP contribution >= 0.6 is 0 Å². The minimum absolute atomic E-state index is 0.0513. The lowest BCUT2D eigenvalue weighted by atomic mass is 9.93. The first-order chi connectivity index (χ1) is 18.0. The van der Waals surface area contributed by atoms with Crippen LogP contribution in [0, 0.1) is 19.8 Å². The van der Waals surface area contributed by atoms with Crippen LogP contribution in [0.2, 0.25) is 0 Å². The third kappa shape index (κ3) is 8.37. The van der Waals surface area contributed by atoms with E-state index in [0.29, 0.717) is 29.4 Å². The smallest absolute Gasteiger partial charge is 0.303 e. The van der Waals surface area contributed by atoms with Crippen molar-refractivity contribution in [3.8, 4) is 5.75 Å². The summed E-state index contributed by atoms with van der Waals surface area (Å²) in [7, 11) is 3.98. The van der Waals surface area contributed by atoms with Gasteiger partial charge in [0.2, 0.25) is 0 Å². The van der Waals surface area contributed by atoms with Crippen LogP contribution in [0.1, 0.15) is 70.9 Å². The fourth-order valence-electron chi connectivity index (χ4n) is 4.60. The minimum Gasteiger partial charge on any atom is -0.489 e. The van der Waals surface area contributed by atoms with E-state index in [0.717, 1.165) is 34.4 Å². The maximum Gasteiger partial charge on any atom is 0.303 e. The van der Waals surface area contributed by atoms with Crippen molar-refractivity contribution >= 4 is 17.6 Å². The number of carboxylic acid groups (broad SMARTS) is 1. The first-order valence-electron chi connectivity index (χ1n) is 13.1. The molecular formula is C32H40N2O4. The van der Waals surface area contributed by atoms with E-state index in [2.05, 4.69) is 57.3 Å². The van der Waals surface area contributed by atoms with Crippen molar-refractivity contribution in [2.45, 2.75) is 59.6 Å². The maximum atomic E-state index is 13.7. The van der Waals surface area contributed by atoms with Crippen LogP contribution in [-0.2, 0) is 17.8 Å². The summed E-state index contributed by atoms with van der Waals surface area (Å²) in [6, 6.07) is 19.6. The predicted molar refractivity (Wildman–Crippen MR) is 153 cm³/mol. The number of rotatable bonds is 12. The second-order valence-electron chi connectivity index (χ2n) is 10.6. The molecule has 0 aliphatic rings. The molecule has 0 aliphatic heterocycles. The summed E-state index contributed by atoms with van der Waals surface area (Å²) in [5.41, 5.74) is 6.61. The van der Waals surface area contributed by atoms with E-state index in [1.54, 1.807) is 18.2 Å². The van der Waals surface area contributed by atoms with Crippen LogP contribution in [0.15, 0.2) is 60.7 Å². The molecule has 1 unspecified atom stereocenters. The number of aryl methyl sites for hydroxylation is 3. The Balaban J connectivity index is 1.88. The normalized spacial score (nSPS) is 11.8. The van der Waals surface area contributed by atoms with E-state index in [1.807, 2.05) is 37.2 Å². The van der Waals surface area contributed by atoms with Gasteiger partial charge in [0.15, 0.2) is 0 Å². The molecule has 3 aromatic rings. The quantitative estimate of drug-likeness (QED) is 0.288. The molecule has 0 fully saturated rings. The molecule has 6 nitrogen and oxygen atoms in total. The number of aliphatic carboxylic acids is 1. The zero-order valence-corrected chi connectivity index (χ0v) is 23.4. The van der Waals surface area contributed by atoms with Crippen LogP contribution < -0.4 is 15.0 Å². The Morgan fingerprint density at radius 3 is 2.32 bits per heavy atom. The Hall–Kier alpha value is -3.80. The predicted octanol–water partition coefficient (Wildman–Crippen LogP) is 6.48. The van der Waals surface area contributed by atoms with Crippen molar-refractivity contribution in [1.29, 1.82) is 0 Å². The van der Waals surface area contributed by atoms with Gasteiger partial charge in [-0.25, -0.2) is 0 Å². The molecule has 1 atom stereocenters. The van der Waals surface area contributed by atoms with Gasteiger partial charge in [0.05, 0.1) is 6.04 Å². The van der Waals surface area contributed by atoms with E-state index >= 15 is 0 Å². The summed E-state index contributed by atoms with van der Waals surface area (Å²) in [4.78, 5) is 27.0. The number of hydrogen-bond acceptors (Lipinski definition) is 4. The molecule has 0 aliphatic carbocycles. The summed E-state index contributed by atoms with van der Waals surface area (Å²) in [5, 5.41) is 12.5. The molecule has 0 heterocycles. The Morgan fingerprint density at radius 1 is 0.974 bits per heavy atom. The average molecular weight is 517 g/mol. The van der Waals surface area contributed by atoms with Gasteiger partial charge < -0.3 is 20.1 Å². The summed E-state index contributed by atoms with van der Waals surface area (Å²) in [6.07, 6.45) is 1.00. The van der Waals surface area contributed by atoms with E-state index in [4.69, 9.17) is 4.74 Å². The lowest BCUT2D eigenvalue weighted by Crippen LogP contribution is -2.30. The topological polar surface area (TPSA) is 78.9 Å². The molecule has 6 heteroatoms. The fraction of sp³-hybridized carbons (Fsp3) is 0.375. The zero-order chi connectivity index (χ0) is 27.8. The van der Waals surface area contributed by atoms with Crippen LogP contribution in [0.25, 0.3) is 0 Å². The monoisotopic (exact) mass is 516 g/mol. The van der Waals surface area contributed by atoms with E-state index in [9.17, 15) is 14.7 Å². The van der Waals surface area contributed by atoms with Gasteiger partial charge in [-0.15, -0.1) is 0 Å². The number of carbonyl (C=O) groups excluding carboxylic acids is 1. The number of hydrogen-bond donors (Lipinski definition) is 2. The minimum atomic E-state index is -0.898. The number of nitrogens with one attached hydrogen (secondary N) is 1. The SMILES string of the molecule is Cc1cc(C)cc(C(CC(C)C)NC(=O)c2cc(OCc3cccc(N(C)C)c3)ccc2CCC(=O)O)c1. The van der Waals surface area contributed by atoms with Crippen molar-refractivity contribution < 1.29 is 19.4 Å². The summed E-state index contributed by atoms with van der Waals surface area (Å²) < 4.78 is 6.07. The Morgan fingerprint density at radius 2 is 1.68 bits per heavy atom. The van der Waals surface area contributed by atoms with Gasteiger partial charge in [-0.05, 0) is 73.6 Å². The summed E-state index contributed by atoms with van der Waals surface area (Å²) in [6.45, 7) is 8.75. The molecule has 0 saturated carbocycles. The number of benzene rings is 3. The number of carboxylic acids is 1. The zero-order valence-electron chi connectivity index (χ0n) is 23.4. The lowest BCUT2D eigenvalue weighted by Gasteiger charge is -2.23. The molecule has 3 aromatic carbocycles. The van der Waals surface area contributed by atoms with Gasteiger partial charge in [-0.1, -0.05) is 61.4 Å². The number of amides is 1. The molecule has 0 aromatic heterocycles. The van der Waals surface area contributed by atoms with Gasteiger partial charge in [0.1, 0.15) is 12.4 Å². The second kappa shape index (κ2) is 13.1. The molecule has 0 saturated heterocycles. The van der Waals surface area contributed by atoms with Crippen LogP contribution in [0.4, 0.5) is 5.69 Å². The molecule has 0 radical (unpaired) electrons. The fourth-order valence-corrected chi connectivity index (χ4v) is 4.60. The first-order valence-corrected chi connectivity index (χ1v) is 13.1. The van der Waals surface area contributed by atoms with Gasteiger partial charge in [-0.3, -0.25) is 9.59 Å². The second-order valence-corrected chi connectivity index (χ2v) is 10.6. The number of nitrogens with zero attached hydrogens (tertiary/aromatic N) is 1. The van der Waals surface area contributed by atoms with Gasteiger partial charge in [0, 0.05) is 31.8 Å². The van der Waals surface area contributed by atoms with E-state index in [1.165, 1.54) is 0 Å². The maximum absolute atomic E-state index is 13.7. The van der Waals surface area contributed by atoms with Crippen molar-refractivity contribution in [2.75, 3.05) is 19.0 Å². The van der Waals surface area contributed by atoms with Gasteiger partial charge in [0.25, 0.3) is 5.91 Å². The number of carbonyl (C=O) groups is 2. The molecule has 202 valence electrons. The molecule has 2 N–H and O–H groups in total. The average Bonchev–Trinajstić information content (AvgIpc) is 2.85. The molecular weight excluding hydrogens is 476 g/mol. The molecule has 0 spiro atoms. The Kier molecular flexibility index (Phi) is 9.94. The lowest BCUT2D eigenvalue weighted by molar-refractivity contribution is -0.136. The number of anilines is 1. The highest BCUT2D eigenvalue weighted by atomic mass is 16.5. The molecule has 3 rings (SSSR count). The van der Waals surface area contributed by atoms with Gasteiger partial charge >= 0.3 is 5.97 Å². The van der Waals surface area contributed by atoms with Crippen LogP contribution in [0.5, 0.6) is 5.75 Å². The highest BCUT2D eigenvalue weighted by molar-refractivity contribution is 5.96. The van der Waals surface area contributed by atoms with E-state index in [-0.39, 0.29) is 24.8 Å². The van der Waals surface area contributed by atoms with Crippen molar-refractivity contribution in [1.82, 2.24) is 5.32 Å². The summed E-state index contributed by atoms with van der Waals surface area (Å²) in [5.74, 6) is -0.183. The third-order valence-corrected chi connectivity index (χ3v) is 6.43. The van der Waals surface area contributed by atoms with Crippen molar-refractivity contribution in [3.63, 3.8) is 0 Å². The molecule has 0 bridgehead atoms. The first kappa shape index (κ1) is 28.8.